The van der Waals surface area contributed by atoms with Crippen molar-refractivity contribution in [1.29, 1.82) is 0 Å². The number of hydrogen-bond donors (Lipinski definition) is 1. The van der Waals surface area contributed by atoms with Gasteiger partial charge in [0.15, 0.2) is 0 Å². The van der Waals surface area contributed by atoms with E-state index in [0.717, 1.165) is 12.5 Å². The standard InChI is InChI=1S/C20H29N/c1-15-4-6-16(7-5-15)11-21-20-10-17-8-18(2,13-20)12-19(3,9-17)14-20/h4-7,17,21H,8-14H2,1-3H3. The first kappa shape index (κ1) is 13.8. The molecule has 4 aliphatic carbocycles. The largest absolute Gasteiger partial charge is 0.307 e. The molecule has 2 atom stereocenters. The summed E-state index contributed by atoms with van der Waals surface area (Å²) in [5, 5.41) is 4.01. The lowest BCUT2D eigenvalue weighted by atomic mass is 9.43. The SMILES string of the molecule is Cc1ccc(CNC23CC4CC(C)(CC(C)(C4)C2)C3)cc1. The minimum atomic E-state index is 0.424. The van der Waals surface area contributed by atoms with Gasteiger partial charge in [0.2, 0.25) is 0 Å². The van der Waals surface area contributed by atoms with Crippen LogP contribution in [0.5, 0.6) is 0 Å². The summed E-state index contributed by atoms with van der Waals surface area (Å²) >= 11 is 0. The molecule has 2 unspecified atom stereocenters. The monoisotopic (exact) mass is 283 g/mol. The van der Waals surface area contributed by atoms with Crippen LogP contribution >= 0.6 is 0 Å². The summed E-state index contributed by atoms with van der Waals surface area (Å²) in [7, 11) is 0. The van der Waals surface area contributed by atoms with Crippen LogP contribution in [-0.4, -0.2) is 5.54 Å². The average Bonchev–Trinajstić information content (AvgIpc) is 2.34. The van der Waals surface area contributed by atoms with E-state index >= 15 is 0 Å². The van der Waals surface area contributed by atoms with Crippen LogP contribution in [0.2, 0.25) is 0 Å². The van der Waals surface area contributed by atoms with Crippen LogP contribution in [0.15, 0.2) is 24.3 Å². The second-order valence-corrected chi connectivity index (χ2v) is 9.25. The van der Waals surface area contributed by atoms with Gasteiger partial charge in [0.1, 0.15) is 0 Å². The first-order chi connectivity index (χ1) is 9.88. The van der Waals surface area contributed by atoms with Gasteiger partial charge in [-0.05, 0) is 67.8 Å². The van der Waals surface area contributed by atoms with Crippen LogP contribution in [0.1, 0.15) is 63.5 Å². The minimum absolute atomic E-state index is 0.424. The Labute approximate surface area is 129 Å². The van der Waals surface area contributed by atoms with Crippen LogP contribution in [0.4, 0.5) is 0 Å². The molecule has 0 radical (unpaired) electrons. The minimum Gasteiger partial charge on any atom is -0.307 e. The maximum atomic E-state index is 4.01. The molecule has 1 nitrogen and oxygen atoms in total. The second kappa shape index (κ2) is 4.35. The summed E-state index contributed by atoms with van der Waals surface area (Å²) in [6, 6.07) is 9.04. The molecule has 5 rings (SSSR count). The lowest BCUT2D eigenvalue weighted by Gasteiger charge is -2.65. The van der Waals surface area contributed by atoms with Gasteiger partial charge in [-0.1, -0.05) is 43.7 Å². The van der Waals surface area contributed by atoms with E-state index in [4.69, 9.17) is 0 Å². The zero-order valence-electron chi connectivity index (χ0n) is 13.8. The molecular weight excluding hydrogens is 254 g/mol. The lowest BCUT2D eigenvalue weighted by Crippen LogP contribution is -2.63. The smallest absolute Gasteiger partial charge is 0.0210 e. The molecule has 4 saturated carbocycles. The highest BCUT2D eigenvalue weighted by Crippen LogP contribution is 2.66. The predicted octanol–water partition coefficient (Wildman–Crippen LogP) is 4.83. The van der Waals surface area contributed by atoms with E-state index in [1.165, 1.54) is 49.7 Å². The fourth-order valence-corrected chi connectivity index (χ4v) is 6.64. The fourth-order valence-electron chi connectivity index (χ4n) is 6.64. The van der Waals surface area contributed by atoms with E-state index in [-0.39, 0.29) is 0 Å². The van der Waals surface area contributed by atoms with Crippen molar-refractivity contribution in [2.24, 2.45) is 16.7 Å². The van der Waals surface area contributed by atoms with Crippen molar-refractivity contribution in [3.8, 4) is 0 Å². The summed E-state index contributed by atoms with van der Waals surface area (Å²) < 4.78 is 0. The topological polar surface area (TPSA) is 12.0 Å². The Morgan fingerprint density at radius 1 is 0.952 bits per heavy atom. The average molecular weight is 283 g/mol. The molecule has 0 aliphatic heterocycles. The highest BCUT2D eigenvalue weighted by atomic mass is 15.0. The number of benzene rings is 1. The van der Waals surface area contributed by atoms with Crippen molar-refractivity contribution in [3.63, 3.8) is 0 Å². The van der Waals surface area contributed by atoms with E-state index in [9.17, 15) is 0 Å². The van der Waals surface area contributed by atoms with Gasteiger partial charge in [0.05, 0.1) is 0 Å². The Bertz CT molecular complexity index is 525. The van der Waals surface area contributed by atoms with Crippen molar-refractivity contribution < 1.29 is 0 Å². The quantitative estimate of drug-likeness (QED) is 0.837. The van der Waals surface area contributed by atoms with Crippen LogP contribution < -0.4 is 5.32 Å². The van der Waals surface area contributed by atoms with Gasteiger partial charge in [-0.3, -0.25) is 0 Å². The van der Waals surface area contributed by atoms with Gasteiger partial charge < -0.3 is 5.32 Å². The molecule has 4 aliphatic rings. The highest BCUT2D eigenvalue weighted by molar-refractivity contribution is 5.22. The van der Waals surface area contributed by atoms with E-state index in [1.807, 2.05) is 0 Å². The van der Waals surface area contributed by atoms with Crippen LogP contribution in [0.25, 0.3) is 0 Å². The summed E-state index contributed by atoms with van der Waals surface area (Å²) in [5.41, 5.74) is 4.43. The van der Waals surface area contributed by atoms with Crippen molar-refractivity contribution in [2.75, 3.05) is 0 Å². The van der Waals surface area contributed by atoms with E-state index in [0.29, 0.717) is 16.4 Å². The van der Waals surface area contributed by atoms with Crippen molar-refractivity contribution >= 4 is 0 Å². The van der Waals surface area contributed by atoms with Crippen LogP contribution in [0, 0.1) is 23.7 Å². The summed E-state index contributed by atoms with van der Waals surface area (Å²) in [6.45, 7) is 8.31. The Morgan fingerprint density at radius 3 is 2.14 bits per heavy atom. The number of nitrogens with one attached hydrogen (secondary N) is 1. The third-order valence-corrected chi connectivity index (χ3v) is 6.41. The zero-order valence-corrected chi connectivity index (χ0v) is 13.8. The van der Waals surface area contributed by atoms with Crippen molar-refractivity contribution in [1.82, 2.24) is 5.32 Å². The molecule has 0 aromatic heterocycles. The molecule has 0 amide bonds. The van der Waals surface area contributed by atoms with E-state index in [1.54, 1.807) is 0 Å². The van der Waals surface area contributed by atoms with E-state index < -0.39 is 0 Å². The molecule has 4 fully saturated rings. The van der Waals surface area contributed by atoms with Crippen molar-refractivity contribution in [2.45, 2.75) is 71.4 Å². The van der Waals surface area contributed by atoms with Crippen molar-refractivity contribution in [3.05, 3.63) is 35.4 Å². The number of rotatable bonds is 3. The molecule has 1 aromatic rings. The fraction of sp³-hybridized carbons (Fsp3) is 0.700. The molecule has 4 bridgehead atoms. The lowest BCUT2D eigenvalue weighted by molar-refractivity contribution is -0.118. The Hall–Kier alpha value is -0.820. The van der Waals surface area contributed by atoms with Crippen LogP contribution in [0.3, 0.4) is 0 Å². The normalized spacial score (nSPS) is 44.2. The Kier molecular flexibility index (Phi) is 2.86. The Balaban J connectivity index is 1.53. The zero-order chi connectivity index (χ0) is 14.7. The molecule has 114 valence electrons. The summed E-state index contributed by atoms with van der Waals surface area (Å²) in [4.78, 5) is 0. The number of hydrogen-bond acceptors (Lipinski definition) is 1. The second-order valence-electron chi connectivity index (χ2n) is 9.25. The molecule has 0 spiro atoms. The Morgan fingerprint density at radius 2 is 1.57 bits per heavy atom. The van der Waals surface area contributed by atoms with Gasteiger partial charge in [-0.25, -0.2) is 0 Å². The predicted molar refractivity (Wildman–Crippen MR) is 88.2 cm³/mol. The first-order valence-corrected chi connectivity index (χ1v) is 8.69. The molecule has 0 saturated heterocycles. The molecule has 0 heterocycles. The maximum absolute atomic E-state index is 4.01. The van der Waals surface area contributed by atoms with Gasteiger partial charge in [0.25, 0.3) is 0 Å². The third kappa shape index (κ3) is 2.44. The molecule has 1 heteroatoms. The summed E-state index contributed by atoms with van der Waals surface area (Å²) in [5.74, 6) is 0.974. The maximum Gasteiger partial charge on any atom is 0.0210 e. The number of aryl methyl sites for hydroxylation is 1. The first-order valence-electron chi connectivity index (χ1n) is 8.69. The molecule has 1 N–H and O–H groups in total. The molecular formula is C20H29N. The highest BCUT2D eigenvalue weighted by Gasteiger charge is 2.59. The van der Waals surface area contributed by atoms with Gasteiger partial charge in [-0.15, -0.1) is 0 Å². The van der Waals surface area contributed by atoms with Gasteiger partial charge in [-0.2, -0.15) is 0 Å². The van der Waals surface area contributed by atoms with Gasteiger partial charge >= 0.3 is 0 Å². The summed E-state index contributed by atoms with van der Waals surface area (Å²) in [6.07, 6.45) is 8.65. The molecule has 1 aromatic carbocycles. The third-order valence-electron chi connectivity index (χ3n) is 6.41. The van der Waals surface area contributed by atoms with Crippen LogP contribution in [-0.2, 0) is 6.54 Å². The van der Waals surface area contributed by atoms with Gasteiger partial charge in [0, 0.05) is 12.1 Å². The molecule has 21 heavy (non-hydrogen) atoms. The van der Waals surface area contributed by atoms with E-state index in [2.05, 4.69) is 50.4 Å².